The summed E-state index contributed by atoms with van der Waals surface area (Å²) in [5.41, 5.74) is 1.67. The average molecular weight is 347 g/mol. The lowest BCUT2D eigenvalue weighted by atomic mass is 9.85. The molecule has 1 N–H and O–H groups in total. The second kappa shape index (κ2) is 6.39. The Bertz CT molecular complexity index is 780. The summed E-state index contributed by atoms with van der Waals surface area (Å²) in [6.07, 6.45) is 4.20. The number of likely N-dealkylation sites (tertiary alicyclic amines) is 1. The summed E-state index contributed by atoms with van der Waals surface area (Å²) in [5, 5.41) is 13.7. The van der Waals surface area contributed by atoms with Crippen LogP contribution in [-0.2, 0) is 11.8 Å². The van der Waals surface area contributed by atoms with Crippen LogP contribution in [0.3, 0.4) is 0 Å². The standard InChI is InChI=1S/C17H21N3O3S/c1-10-4-15(11(2)24-10)16(21)20-8-12(5-13(9-20)17(22)23)14-6-18-19(3)7-14/h4,6-7,12-13H,5,8-9H2,1-3H3,(H,22,23). The number of amides is 1. The summed E-state index contributed by atoms with van der Waals surface area (Å²) in [6, 6.07) is 1.89. The number of carboxylic acids is 1. The Labute approximate surface area is 144 Å². The van der Waals surface area contributed by atoms with Gasteiger partial charge in [-0.25, -0.2) is 0 Å². The van der Waals surface area contributed by atoms with Crippen molar-refractivity contribution in [1.29, 1.82) is 0 Å². The highest BCUT2D eigenvalue weighted by molar-refractivity contribution is 7.12. The fourth-order valence-corrected chi connectivity index (χ4v) is 4.27. The van der Waals surface area contributed by atoms with Gasteiger partial charge in [-0.2, -0.15) is 5.10 Å². The lowest BCUT2D eigenvalue weighted by Crippen LogP contribution is -2.45. The van der Waals surface area contributed by atoms with Gasteiger partial charge < -0.3 is 10.0 Å². The van der Waals surface area contributed by atoms with Gasteiger partial charge in [-0.15, -0.1) is 11.3 Å². The third kappa shape index (κ3) is 3.21. The summed E-state index contributed by atoms with van der Waals surface area (Å²) >= 11 is 1.59. The van der Waals surface area contributed by atoms with Crippen LogP contribution in [0.1, 0.15) is 38.0 Å². The monoisotopic (exact) mass is 347 g/mol. The lowest BCUT2D eigenvalue weighted by Gasteiger charge is -2.36. The van der Waals surface area contributed by atoms with Gasteiger partial charge in [0.1, 0.15) is 0 Å². The van der Waals surface area contributed by atoms with Crippen LogP contribution < -0.4 is 0 Å². The largest absolute Gasteiger partial charge is 0.481 e. The Kier molecular flexibility index (Phi) is 4.45. The van der Waals surface area contributed by atoms with Gasteiger partial charge in [-0.05, 0) is 31.9 Å². The van der Waals surface area contributed by atoms with Crippen molar-refractivity contribution in [3.05, 3.63) is 39.3 Å². The third-order valence-corrected chi connectivity index (χ3v) is 5.52. The first kappa shape index (κ1) is 16.7. The Morgan fingerprint density at radius 3 is 2.62 bits per heavy atom. The van der Waals surface area contributed by atoms with Gasteiger partial charge in [0.2, 0.25) is 0 Å². The SMILES string of the molecule is Cc1cc(C(=O)N2CC(C(=O)O)CC(c3cnn(C)c3)C2)c(C)s1. The van der Waals surface area contributed by atoms with Crippen LogP contribution in [0.4, 0.5) is 0 Å². The van der Waals surface area contributed by atoms with Crippen molar-refractivity contribution in [1.82, 2.24) is 14.7 Å². The van der Waals surface area contributed by atoms with E-state index in [1.807, 2.05) is 33.2 Å². The second-order valence-corrected chi connectivity index (χ2v) is 7.91. The molecular formula is C17H21N3O3S. The highest BCUT2D eigenvalue weighted by Crippen LogP contribution is 2.32. The fraction of sp³-hybridized carbons (Fsp3) is 0.471. The number of piperidine rings is 1. The fourth-order valence-electron chi connectivity index (χ4n) is 3.35. The van der Waals surface area contributed by atoms with Crippen LogP contribution in [-0.4, -0.2) is 44.8 Å². The van der Waals surface area contributed by atoms with Gasteiger partial charge in [-0.3, -0.25) is 14.3 Å². The number of carbonyl (C=O) groups is 2. The van der Waals surface area contributed by atoms with Crippen molar-refractivity contribution in [3.63, 3.8) is 0 Å². The molecule has 0 spiro atoms. The molecular weight excluding hydrogens is 326 g/mol. The van der Waals surface area contributed by atoms with Gasteiger partial charge in [0.25, 0.3) is 5.91 Å². The zero-order valence-electron chi connectivity index (χ0n) is 14.0. The molecule has 6 nitrogen and oxygen atoms in total. The molecule has 2 aromatic heterocycles. The number of hydrogen-bond acceptors (Lipinski definition) is 4. The van der Waals surface area contributed by atoms with Crippen molar-refractivity contribution in [2.75, 3.05) is 13.1 Å². The number of carbonyl (C=O) groups excluding carboxylic acids is 1. The van der Waals surface area contributed by atoms with Crippen LogP contribution >= 0.6 is 11.3 Å². The van der Waals surface area contributed by atoms with E-state index in [-0.39, 0.29) is 18.4 Å². The normalized spacial score (nSPS) is 21.0. The van der Waals surface area contributed by atoms with E-state index in [0.717, 1.165) is 15.3 Å². The van der Waals surface area contributed by atoms with E-state index in [1.54, 1.807) is 27.1 Å². The van der Waals surface area contributed by atoms with Gasteiger partial charge in [0.15, 0.2) is 0 Å². The van der Waals surface area contributed by atoms with Crippen molar-refractivity contribution in [2.45, 2.75) is 26.2 Å². The van der Waals surface area contributed by atoms with Gasteiger partial charge >= 0.3 is 5.97 Å². The quantitative estimate of drug-likeness (QED) is 0.925. The minimum absolute atomic E-state index is 0.00228. The molecule has 7 heteroatoms. The maximum atomic E-state index is 12.9. The number of aromatic nitrogens is 2. The third-order valence-electron chi connectivity index (χ3n) is 4.55. The molecule has 3 rings (SSSR count). The number of thiophene rings is 1. The van der Waals surface area contributed by atoms with Crippen LogP contribution in [0.2, 0.25) is 0 Å². The maximum absolute atomic E-state index is 12.9. The average Bonchev–Trinajstić information content (AvgIpc) is 3.11. The number of aliphatic carboxylic acids is 1. The molecule has 0 saturated carbocycles. The lowest BCUT2D eigenvalue weighted by molar-refractivity contribution is -0.143. The molecule has 1 aliphatic heterocycles. The highest BCUT2D eigenvalue weighted by Gasteiger charge is 2.35. The molecule has 2 atom stereocenters. The molecule has 1 saturated heterocycles. The molecule has 24 heavy (non-hydrogen) atoms. The van der Waals surface area contributed by atoms with Crippen molar-refractivity contribution in [3.8, 4) is 0 Å². The summed E-state index contributed by atoms with van der Waals surface area (Å²) in [7, 11) is 1.83. The van der Waals surface area contributed by atoms with E-state index in [4.69, 9.17) is 0 Å². The smallest absolute Gasteiger partial charge is 0.308 e. The van der Waals surface area contributed by atoms with Crippen LogP contribution in [0.25, 0.3) is 0 Å². The number of hydrogen-bond donors (Lipinski definition) is 1. The van der Waals surface area contributed by atoms with Crippen LogP contribution in [0.5, 0.6) is 0 Å². The molecule has 1 aliphatic rings. The molecule has 1 fully saturated rings. The first-order valence-corrected chi connectivity index (χ1v) is 8.74. The van der Waals surface area contributed by atoms with Crippen molar-refractivity contribution in [2.24, 2.45) is 13.0 Å². The molecule has 0 aromatic carbocycles. The first-order chi connectivity index (χ1) is 11.3. The van der Waals surface area contributed by atoms with E-state index in [1.165, 1.54) is 0 Å². The minimum atomic E-state index is -0.848. The zero-order chi connectivity index (χ0) is 17.4. The van der Waals surface area contributed by atoms with E-state index >= 15 is 0 Å². The summed E-state index contributed by atoms with van der Waals surface area (Å²) in [6.45, 7) is 4.70. The molecule has 2 aromatic rings. The second-order valence-electron chi connectivity index (χ2n) is 6.45. The van der Waals surface area contributed by atoms with Gasteiger partial charge in [0, 0.05) is 42.0 Å². The molecule has 3 heterocycles. The topological polar surface area (TPSA) is 75.4 Å². The number of rotatable bonds is 3. The first-order valence-electron chi connectivity index (χ1n) is 7.92. The van der Waals surface area contributed by atoms with E-state index in [0.29, 0.717) is 18.5 Å². The number of aryl methyl sites for hydroxylation is 3. The van der Waals surface area contributed by atoms with Gasteiger partial charge in [-0.1, -0.05) is 0 Å². The predicted octanol–water partition coefficient (Wildman–Crippen LogP) is 2.43. The van der Waals surface area contributed by atoms with Crippen LogP contribution in [0.15, 0.2) is 18.5 Å². The van der Waals surface area contributed by atoms with E-state index in [9.17, 15) is 14.7 Å². The predicted molar refractivity (Wildman–Crippen MR) is 91.4 cm³/mol. The molecule has 1 amide bonds. The Balaban J connectivity index is 1.87. The van der Waals surface area contributed by atoms with E-state index < -0.39 is 11.9 Å². The summed E-state index contributed by atoms with van der Waals surface area (Å²) in [5.74, 6) is -1.47. The molecule has 0 radical (unpaired) electrons. The molecule has 0 aliphatic carbocycles. The van der Waals surface area contributed by atoms with E-state index in [2.05, 4.69) is 5.10 Å². The summed E-state index contributed by atoms with van der Waals surface area (Å²) in [4.78, 5) is 28.2. The Morgan fingerprint density at radius 2 is 2.08 bits per heavy atom. The Morgan fingerprint density at radius 1 is 1.33 bits per heavy atom. The summed E-state index contributed by atoms with van der Waals surface area (Å²) < 4.78 is 1.71. The molecule has 2 unspecified atom stereocenters. The zero-order valence-corrected chi connectivity index (χ0v) is 14.8. The molecule has 128 valence electrons. The van der Waals surface area contributed by atoms with Crippen LogP contribution in [0, 0.1) is 19.8 Å². The minimum Gasteiger partial charge on any atom is -0.481 e. The maximum Gasteiger partial charge on any atom is 0.308 e. The number of carboxylic acid groups (broad SMARTS) is 1. The Hall–Kier alpha value is -2.15. The van der Waals surface area contributed by atoms with Crippen molar-refractivity contribution < 1.29 is 14.7 Å². The molecule has 0 bridgehead atoms. The van der Waals surface area contributed by atoms with Gasteiger partial charge in [0.05, 0.1) is 17.7 Å². The number of nitrogens with zero attached hydrogens (tertiary/aromatic N) is 3. The highest BCUT2D eigenvalue weighted by atomic mass is 32.1. The van der Waals surface area contributed by atoms with Crippen molar-refractivity contribution >= 4 is 23.2 Å².